The summed E-state index contributed by atoms with van der Waals surface area (Å²) in [7, 11) is 3.75. The van der Waals surface area contributed by atoms with E-state index in [1.807, 2.05) is 14.1 Å². The van der Waals surface area contributed by atoms with E-state index in [2.05, 4.69) is 5.32 Å². The minimum absolute atomic E-state index is 0.245. The zero-order chi connectivity index (χ0) is 13.5. The van der Waals surface area contributed by atoms with Crippen molar-refractivity contribution < 1.29 is 19.8 Å². The number of unbranched alkanes of at least 4 members (excludes halogenated alkanes) is 5. The van der Waals surface area contributed by atoms with Gasteiger partial charge in [-0.1, -0.05) is 25.7 Å². The molecule has 0 amide bonds. The monoisotopic (exact) mass is 247 g/mol. The zero-order valence-electron chi connectivity index (χ0n) is 10.9. The van der Waals surface area contributed by atoms with Crippen LogP contribution in [0.4, 0.5) is 0 Å². The maximum absolute atomic E-state index is 10.1. The van der Waals surface area contributed by atoms with E-state index in [9.17, 15) is 9.59 Å². The third-order valence-electron chi connectivity index (χ3n) is 2.03. The summed E-state index contributed by atoms with van der Waals surface area (Å²) < 4.78 is 0. The molecule has 102 valence electrons. The molecule has 0 heterocycles. The van der Waals surface area contributed by atoms with Gasteiger partial charge in [0.05, 0.1) is 0 Å². The summed E-state index contributed by atoms with van der Waals surface area (Å²) in [6, 6.07) is 0. The molecule has 0 unspecified atom stereocenters. The predicted octanol–water partition coefficient (Wildman–Crippen LogP) is 2.11. The van der Waals surface area contributed by atoms with Gasteiger partial charge in [0, 0.05) is 12.8 Å². The van der Waals surface area contributed by atoms with Crippen LogP contribution in [0.2, 0.25) is 0 Å². The van der Waals surface area contributed by atoms with Crippen LogP contribution in [0.15, 0.2) is 0 Å². The number of nitrogens with one attached hydrogen (secondary N) is 1. The van der Waals surface area contributed by atoms with Crippen molar-refractivity contribution in [2.45, 2.75) is 51.4 Å². The van der Waals surface area contributed by atoms with Crippen molar-refractivity contribution in [2.75, 3.05) is 14.1 Å². The number of hydrogen-bond donors (Lipinski definition) is 3. The Morgan fingerprint density at radius 3 is 1.24 bits per heavy atom. The highest BCUT2D eigenvalue weighted by molar-refractivity contribution is 5.66. The number of carboxylic acid groups (broad SMARTS) is 2. The summed E-state index contributed by atoms with van der Waals surface area (Å²) in [5.74, 6) is -1.48. The van der Waals surface area contributed by atoms with Gasteiger partial charge in [-0.3, -0.25) is 9.59 Å². The lowest BCUT2D eigenvalue weighted by Crippen LogP contribution is -1.94. The molecule has 0 aromatic rings. The first kappa shape index (κ1) is 18.3. The van der Waals surface area contributed by atoms with Crippen molar-refractivity contribution in [1.82, 2.24) is 5.32 Å². The lowest BCUT2D eigenvalue weighted by molar-refractivity contribution is -0.138. The van der Waals surface area contributed by atoms with E-state index in [0.717, 1.165) is 38.5 Å². The van der Waals surface area contributed by atoms with Crippen molar-refractivity contribution in [3.63, 3.8) is 0 Å². The SMILES string of the molecule is CNC.O=C(O)CCCCCCCCC(=O)O. The third-order valence-corrected chi connectivity index (χ3v) is 2.03. The van der Waals surface area contributed by atoms with E-state index >= 15 is 0 Å². The molecule has 0 rings (SSSR count). The van der Waals surface area contributed by atoms with E-state index in [-0.39, 0.29) is 12.8 Å². The normalized spacial score (nSPS) is 9.29. The first-order valence-electron chi connectivity index (χ1n) is 6.06. The number of carboxylic acids is 2. The second-order valence-electron chi connectivity index (χ2n) is 3.91. The van der Waals surface area contributed by atoms with Crippen LogP contribution in [-0.4, -0.2) is 36.2 Å². The molecule has 0 saturated heterocycles. The Bertz CT molecular complexity index is 175. The van der Waals surface area contributed by atoms with E-state index < -0.39 is 11.9 Å². The van der Waals surface area contributed by atoms with Crippen molar-refractivity contribution >= 4 is 11.9 Å². The van der Waals surface area contributed by atoms with E-state index in [1.165, 1.54) is 0 Å². The first-order valence-corrected chi connectivity index (χ1v) is 6.06. The lowest BCUT2D eigenvalue weighted by Gasteiger charge is -1.98. The molecule has 5 heteroatoms. The van der Waals surface area contributed by atoms with Crippen LogP contribution in [0.5, 0.6) is 0 Å². The van der Waals surface area contributed by atoms with Gasteiger partial charge in [-0.15, -0.1) is 0 Å². The van der Waals surface area contributed by atoms with Gasteiger partial charge in [0.25, 0.3) is 0 Å². The molecule has 0 saturated carbocycles. The standard InChI is InChI=1S/C10H18O4.C2H7N/c11-9(12)7-5-3-1-2-4-6-8-10(13)14;1-3-2/h1-8H2,(H,11,12)(H,13,14);3H,1-2H3. The van der Waals surface area contributed by atoms with Crippen LogP contribution in [0.25, 0.3) is 0 Å². The molecule has 0 spiro atoms. The molecule has 0 fully saturated rings. The van der Waals surface area contributed by atoms with E-state index in [0.29, 0.717) is 0 Å². The molecule has 0 bridgehead atoms. The molecular weight excluding hydrogens is 222 g/mol. The average molecular weight is 247 g/mol. The van der Waals surface area contributed by atoms with Crippen molar-refractivity contribution in [3.8, 4) is 0 Å². The number of rotatable bonds is 9. The van der Waals surface area contributed by atoms with Crippen LogP contribution in [0, 0.1) is 0 Å². The van der Waals surface area contributed by atoms with Crippen LogP contribution >= 0.6 is 0 Å². The largest absolute Gasteiger partial charge is 0.481 e. The Balaban J connectivity index is 0. The Hall–Kier alpha value is -1.10. The molecule has 17 heavy (non-hydrogen) atoms. The molecule has 0 aliphatic rings. The summed E-state index contributed by atoms with van der Waals surface area (Å²) in [5, 5.41) is 19.5. The molecule has 5 nitrogen and oxygen atoms in total. The smallest absolute Gasteiger partial charge is 0.303 e. The minimum Gasteiger partial charge on any atom is -0.481 e. The predicted molar refractivity (Wildman–Crippen MR) is 67.2 cm³/mol. The fraction of sp³-hybridized carbons (Fsp3) is 0.833. The molecule has 0 aliphatic carbocycles. The van der Waals surface area contributed by atoms with Crippen molar-refractivity contribution in [2.24, 2.45) is 0 Å². The highest BCUT2D eigenvalue weighted by Crippen LogP contribution is 2.08. The molecule has 0 aromatic heterocycles. The van der Waals surface area contributed by atoms with E-state index in [4.69, 9.17) is 10.2 Å². The van der Waals surface area contributed by atoms with Gasteiger partial charge in [0.1, 0.15) is 0 Å². The van der Waals surface area contributed by atoms with Gasteiger partial charge >= 0.3 is 11.9 Å². The molecule has 0 aliphatic heterocycles. The second kappa shape index (κ2) is 14.9. The third kappa shape index (κ3) is 25.3. The van der Waals surface area contributed by atoms with Crippen LogP contribution in [-0.2, 0) is 9.59 Å². The Kier molecular flexibility index (Phi) is 16.0. The van der Waals surface area contributed by atoms with Gasteiger partial charge in [0.2, 0.25) is 0 Å². The second-order valence-corrected chi connectivity index (χ2v) is 3.91. The zero-order valence-corrected chi connectivity index (χ0v) is 10.9. The van der Waals surface area contributed by atoms with Gasteiger partial charge in [-0.25, -0.2) is 0 Å². The summed E-state index contributed by atoms with van der Waals surface area (Å²) in [5.41, 5.74) is 0. The van der Waals surface area contributed by atoms with Crippen LogP contribution < -0.4 is 5.32 Å². The van der Waals surface area contributed by atoms with Crippen molar-refractivity contribution in [3.05, 3.63) is 0 Å². The van der Waals surface area contributed by atoms with Gasteiger partial charge in [-0.05, 0) is 26.9 Å². The van der Waals surface area contributed by atoms with Gasteiger partial charge in [0.15, 0.2) is 0 Å². The number of aliphatic carboxylic acids is 2. The summed E-state index contributed by atoms with van der Waals surface area (Å²) in [6.07, 6.45) is 5.82. The number of hydrogen-bond acceptors (Lipinski definition) is 3. The lowest BCUT2D eigenvalue weighted by atomic mass is 10.1. The quantitative estimate of drug-likeness (QED) is 0.543. The molecule has 0 atom stereocenters. The summed E-state index contributed by atoms with van der Waals surface area (Å²) in [4.78, 5) is 20.3. The van der Waals surface area contributed by atoms with Crippen LogP contribution in [0.1, 0.15) is 51.4 Å². The first-order chi connectivity index (χ1) is 8.04. The van der Waals surface area contributed by atoms with Gasteiger partial charge < -0.3 is 15.5 Å². The van der Waals surface area contributed by atoms with Crippen molar-refractivity contribution in [1.29, 1.82) is 0 Å². The maximum Gasteiger partial charge on any atom is 0.303 e. The summed E-state index contributed by atoms with van der Waals surface area (Å²) in [6.45, 7) is 0. The summed E-state index contributed by atoms with van der Waals surface area (Å²) >= 11 is 0. The topological polar surface area (TPSA) is 86.6 Å². The average Bonchev–Trinajstić information content (AvgIpc) is 2.22. The molecule has 0 aromatic carbocycles. The van der Waals surface area contributed by atoms with E-state index in [1.54, 1.807) is 0 Å². The molecule has 3 N–H and O–H groups in total. The Morgan fingerprint density at radius 2 is 1.00 bits per heavy atom. The Morgan fingerprint density at radius 1 is 0.765 bits per heavy atom. The number of carbonyl (C=O) groups is 2. The van der Waals surface area contributed by atoms with Crippen LogP contribution in [0.3, 0.4) is 0 Å². The fourth-order valence-electron chi connectivity index (χ4n) is 1.26. The molecular formula is C12H25NO4. The molecule has 0 radical (unpaired) electrons. The van der Waals surface area contributed by atoms with Gasteiger partial charge in [-0.2, -0.15) is 0 Å². The highest BCUT2D eigenvalue weighted by atomic mass is 16.4. The fourth-order valence-corrected chi connectivity index (χ4v) is 1.26. The Labute approximate surface area is 103 Å². The minimum atomic E-state index is -0.740. The highest BCUT2D eigenvalue weighted by Gasteiger charge is 1.98. The maximum atomic E-state index is 10.1.